The molecule has 0 aromatic carbocycles. The Morgan fingerprint density at radius 3 is 1.89 bits per heavy atom. The van der Waals surface area contributed by atoms with E-state index in [0.29, 0.717) is 0 Å². The normalized spacial score (nSPS) is 10.0. The fourth-order valence-corrected chi connectivity index (χ4v) is 0.505. The van der Waals surface area contributed by atoms with Crippen molar-refractivity contribution in [2.24, 2.45) is 0 Å². The lowest BCUT2D eigenvalue weighted by atomic mass is 10.8. The van der Waals surface area contributed by atoms with Gasteiger partial charge in [-0.1, -0.05) is 0 Å². The molecule has 0 amide bonds. The van der Waals surface area contributed by atoms with Crippen LogP contribution in [-0.4, -0.2) is 21.9 Å². The summed E-state index contributed by atoms with van der Waals surface area (Å²) < 4.78 is 9.72. The number of aliphatic carboxylic acids is 1. The van der Waals surface area contributed by atoms with Crippen LogP contribution < -0.4 is 11.3 Å². The van der Waals surface area contributed by atoms with Crippen molar-refractivity contribution in [3.63, 3.8) is 0 Å². The monoisotopic (exact) mass is 157 g/mol. The van der Waals surface area contributed by atoms with E-state index < -0.39 is 19.7 Å². The summed E-state index contributed by atoms with van der Waals surface area (Å²) in [7, 11) is -4.38. The molecule has 9 heavy (non-hydrogen) atoms. The Hall–Kier alpha value is -0.420. The number of quaternary nitrogens is 1. The van der Waals surface area contributed by atoms with Crippen molar-refractivity contribution < 1.29 is 24.3 Å². The zero-order valence-corrected chi connectivity index (χ0v) is 5.67. The average Bonchev–Trinajstić information content (AvgIpc) is 1.21. The van der Waals surface area contributed by atoms with E-state index in [1.807, 2.05) is 0 Å². The first-order valence-corrected chi connectivity index (χ1v) is 3.46. The second kappa shape index (κ2) is 3.58. The van der Waals surface area contributed by atoms with Crippen LogP contribution in [0.15, 0.2) is 0 Å². The van der Waals surface area contributed by atoms with E-state index in [4.69, 9.17) is 9.79 Å². The van der Waals surface area contributed by atoms with E-state index in [2.05, 4.69) is 0 Å². The van der Waals surface area contributed by atoms with Gasteiger partial charge in [0.15, 0.2) is 0 Å². The minimum absolute atomic E-state index is 0. The topological polar surface area (TPSA) is 134 Å². The van der Waals surface area contributed by atoms with Crippen LogP contribution in [0.2, 0.25) is 0 Å². The van der Waals surface area contributed by atoms with Gasteiger partial charge in [0.1, 0.15) is 0 Å². The van der Waals surface area contributed by atoms with Crippen LogP contribution >= 0.6 is 7.60 Å². The molecule has 7 heteroatoms. The Morgan fingerprint density at radius 2 is 1.89 bits per heavy atom. The summed E-state index contributed by atoms with van der Waals surface area (Å²) in [5.41, 5.74) is 0. The highest BCUT2D eigenvalue weighted by Gasteiger charge is 2.11. The molecule has 6 N–H and O–H groups in total. The van der Waals surface area contributed by atoms with Gasteiger partial charge < -0.3 is 25.8 Å². The van der Waals surface area contributed by atoms with Gasteiger partial charge in [0.2, 0.25) is 0 Å². The predicted molar refractivity (Wildman–Crippen MR) is 27.9 cm³/mol. The minimum atomic E-state index is -4.38. The fourth-order valence-electron chi connectivity index (χ4n) is 0.168. The number of carboxylic acid groups (broad SMARTS) is 1. The minimum Gasteiger partial charge on any atom is -0.549 e. The molecule has 56 valence electrons. The van der Waals surface area contributed by atoms with Crippen molar-refractivity contribution in [1.29, 1.82) is 0 Å². The first kappa shape index (κ1) is 11.4. The molecule has 0 saturated carbocycles. The molecule has 0 atom stereocenters. The number of hydrogen-bond donors (Lipinski definition) is 3. The van der Waals surface area contributed by atoms with E-state index in [1.54, 1.807) is 0 Å². The molecule has 0 spiro atoms. The third-order valence-corrected chi connectivity index (χ3v) is 1.01. The van der Waals surface area contributed by atoms with Crippen molar-refractivity contribution in [2.75, 3.05) is 6.16 Å². The van der Waals surface area contributed by atoms with Gasteiger partial charge >= 0.3 is 7.60 Å². The molecule has 0 aliphatic heterocycles. The Morgan fingerprint density at radius 1 is 1.56 bits per heavy atom. The maximum Gasteiger partial charge on any atom is 0.331 e. The van der Waals surface area contributed by atoms with E-state index in [1.165, 1.54) is 0 Å². The number of carbonyl (C=O) groups excluding carboxylic acids is 1. The first-order chi connectivity index (χ1) is 3.42. The third-order valence-electron chi connectivity index (χ3n) is 0.335. The van der Waals surface area contributed by atoms with Gasteiger partial charge in [-0.25, -0.2) is 0 Å². The maximum absolute atomic E-state index is 9.72. The second-order valence-electron chi connectivity index (χ2n) is 1.19. The van der Waals surface area contributed by atoms with Crippen molar-refractivity contribution in [3.05, 3.63) is 0 Å². The Kier molecular flexibility index (Phi) is 4.52. The standard InChI is InChI=1S/C2H5O5P.H3N/c3-2(4)1-8(5,6)7;/h1H2,(H,3,4)(H2,5,6,7);1H3. The van der Waals surface area contributed by atoms with Gasteiger partial charge in [-0.3, -0.25) is 4.57 Å². The maximum atomic E-state index is 9.72. The highest BCUT2D eigenvalue weighted by atomic mass is 31.2. The Bertz CT molecular complexity index is 138. The zero-order chi connectivity index (χ0) is 6.78. The lowest BCUT2D eigenvalue weighted by molar-refractivity contribution is -0.301. The summed E-state index contributed by atoms with van der Waals surface area (Å²) in [6.45, 7) is 0. The average molecular weight is 157 g/mol. The molecule has 0 radical (unpaired) electrons. The third kappa shape index (κ3) is 11.3. The van der Waals surface area contributed by atoms with Crippen molar-refractivity contribution in [1.82, 2.24) is 6.15 Å². The van der Waals surface area contributed by atoms with Crippen LogP contribution in [-0.2, 0) is 9.36 Å². The summed E-state index contributed by atoms with van der Waals surface area (Å²) in [4.78, 5) is 25.2. The summed E-state index contributed by atoms with van der Waals surface area (Å²) in [6, 6.07) is 0. The fraction of sp³-hybridized carbons (Fsp3) is 0.500. The molecule has 0 saturated heterocycles. The molecule has 0 bridgehead atoms. The van der Waals surface area contributed by atoms with Crippen LogP contribution in [0.1, 0.15) is 0 Å². The molecule has 0 aromatic rings. The van der Waals surface area contributed by atoms with Crippen molar-refractivity contribution in [2.45, 2.75) is 0 Å². The van der Waals surface area contributed by atoms with Crippen LogP contribution in [0, 0.1) is 0 Å². The van der Waals surface area contributed by atoms with Crippen LogP contribution in [0.25, 0.3) is 0 Å². The van der Waals surface area contributed by atoms with E-state index in [0.717, 1.165) is 0 Å². The molecule has 0 aromatic heterocycles. The molecule has 0 aliphatic carbocycles. The van der Waals surface area contributed by atoms with E-state index in [-0.39, 0.29) is 6.15 Å². The van der Waals surface area contributed by atoms with Gasteiger partial charge in [0, 0.05) is 0 Å². The largest absolute Gasteiger partial charge is 0.549 e. The SMILES string of the molecule is O=C([O-])CP(=O)(O)O.[NH4+]. The summed E-state index contributed by atoms with van der Waals surface area (Å²) in [5, 5.41) is 9.41. The van der Waals surface area contributed by atoms with Gasteiger partial charge in [-0.2, -0.15) is 0 Å². The molecular weight excluding hydrogens is 149 g/mol. The summed E-state index contributed by atoms with van der Waals surface area (Å²) in [5.74, 6) is -1.74. The number of carbonyl (C=O) groups is 1. The summed E-state index contributed by atoms with van der Waals surface area (Å²) >= 11 is 0. The molecule has 0 heterocycles. The number of hydrogen-bond acceptors (Lipinski definition) is 3. The quantitative estimate of drug-likeness (QED) is 0.410. The van der Waals surface area contributed by atoms with Crippen molar-refractivity contribution >= 4 is 13.6 Å². The van der Waals surface area contributed by atoms with E-state index in [9.17, 15) is 14.5 Å². The molecular formula is C2H8NO5P. The van der Waals surface area contributed by atoms with Crippen LogP contribution in [0.4, 0.5) is 0 Å². The van der Waals surface area contributed by atoms with Crippen LogP contribution in [0.3, 0.4) is 0 Å². The lowest BCUT2D eigenvalue weighted by Crippen LogP contribution is -2.25. The van der Waals surface area contributed by atoms with Gasteiger partial charge in [0.05, 0.1) is 12.1 Å². The lowest BCUT2D eigenvalue weighted by Gasteiger charge is -2.01. The molecule has 6 nitrogen and oxygen atoms in total. The number of rotatable bonds is 2. The molecule has 0 aliphatic rings. The van der Waals surface area contributed by atoms with Gasteiger partial charge in [-0.15, -0.1) is 0 Å². The van der Waals surface area contributed by atoms with E-state index >= 15 is 0 Å². The smallest absolute Gasteiger partial charge is 0.331 e. The van der Waals surface area contributed by atoms with Gasteiger partial charge in [-0.05, 0) is 0 Å². The molecule has 0 unspecified atom stereocenters. The van der Waals surface area contributed by atoms with Crippen LogP contribution in [0.5, 0.6) is 0 Å². The summed E-state index contributed by atoms with van der Waals surface area (Å²) in [6.07, 6.45) is -1.20. The molecule has 0 fully saturated rings. The zero-order valence-electron chi connectivity index (χ0n) is 4.77. The second-order valence-corrected chi connectivity index (χ2v) is 2.84. The number of carboxylic acids is 1. The molecule has 0 rings (SSSR count). The highest BCUT2D eigenvalue weighted by molar-refractivity contribution is 7.52. The van der Waals surface area contributed by atoms with Gasteiger partial charge in [0.25, 0.3) is 0 Å². The Labute approximate surface area is 51.2 Å². The first-order valence-electron chi connectivity index (χ1n) is 1.66. The Balaban J connectivity index is 0. The highest BCUT2D eigenvalue weighted by Crippen LogP contribution is 2.32. The van der Waals surface area contributed by atoms with Crippen molar-refractivity contribution in [3.8, 4) is 0 Å². The predicted octanol–water partition coefficient (Wildman–Crippen LogP) is -1.71.